The van der Waals surface area contributed by atoms with E-state index < -0.39 is 59.9 Å². The van der Waals surface area contributed by atoms with Gasteiger partial charge in [0.15, 0.2) is 18.1 Å². The van der Waals surface area contributed by atoms with E-state index in [1.54, 1.807) is 0 Å². The molecule has 0 amide bonds. The maximum Gasteiger partial charge on any atom is 0.324 e. The fourth-order valence-corrected chi connectivity index (χ4v) is 13.5. The first-order valence-electron chi connectivity index (χ1n) is 36.3. The zero-order valence-corrected chi connectivity index (χ0v) is 65.4. The number of benzene rings is 2. The molecule has 2 saturated heterocycles. The molecule has 20 heteroatoms. The molecule has 0 radical (unpaired) electrons. The van der Waals surface area contributed by atoms with Gasteiger partial charge in [-0.3, -0.25) is 4.52 Å². The van der Waals surface area contributed by atoms with Crippen LogP contribution in [0.1, 0.15) is 336 Å². The van der Waals surface area contributed by atoms with Gasteiger partial charge in [0.2, 0.25) is 0 Å². The standard InChI is InChI=1S/C41H82O6P2.C33H52O4.2H3O3P/c1-3-5-7-9-11-13-15-17-19-21-23-25-27-29-31-33-35-42-41(40(39-46-49-47-41)37-44-48-45-38-40)43-36-34-32-30-28-26-24-22-20-18-16-14-12-10-8-6-4-2;1-29(2,3)22-13-15-24(25(17-22)31(7,8)9)28(33(19-34,20-35)21-36)37-27-16-14-23(30(4,5)6)18-26(27)32(10,11)12;2*1-4(2)3/h48-49H,3-39H2,1-2H3;13-18,28,34-36H,19-21H2,1-12H3;2*1-3H. The Labute approximate surface area is 579 Å². The number of aliphatic hydroxyl groups excluding tert-OH is 3. The number of aliphatic hydroxyl groups is 3. The second-order valence-electron chi connectivity index (χ2n) is 30.7. The minimum absolute atomic E-state index is 0.0226. The smallest absolute Gasteiger partial charge is 0.324 e. The summed E-state index contributed by atoms with van der Waals surface area (Å²) in [4.78, 5) is 43.4. The Morgan fingerprint density at radius 2 is 0.713 bits per heavy atom. The van der Waals surface area contributed by atoms with Gasteiger partial charge >= 0.3 is 23.2 Å². The van der Waals surface area contributed by atoms with Crippen molar-refractivity contribution >= 4 is 35.3 Å². The van der Waals surface area contributed by atoms with Gasteiger partial charge in [0.25, 0.3) is 0 Å². The largest absolute Gasteiger partial charge is 0.485 e. The molecule has 2 aromatic carbocycles. The van der Waals surface area contributed by atoms with Crippen LogP contribution in [0.4, 0.5) is 0 Å². The zero-order valence-electron chi connectivity index (χ0n) is 61.6. The van der Waals surface area contributed by atoms with E-state index in [4.69, 9.17) is 61.7 Å². The number of hydrogen-bond acceptors (Lipinski definition) is 16. The van der Waals surface area contributed by atoms with E-state index in [2.05, 4.69) is 127 Å². The summed E-state index contributed by atoms with van der Waals surface area (Å²) in [5, 5.41) is 31.6. The van der Waals surface area contributed by atoms with E-state index in [1.807, 2.05) is 6.07 Å². The van der Waals surface area contributed by atoms with E-state index in [9.17, 15) is 15.3 Å². The zero-order chi connectivity index (χ0) is 70.6. The molecule has 0 aromatic heterocycles. The molecule has 0 saturated carbocycles. The average molecular weight is 1410 g/mol. The van der Waals surface area contributed by atoms with Crippen molar-refractivity contribution in [3.05, 3.63) is 64.2 Å². The van der Waals surface area contributed by atoms with E-state index >= 15 is 0 Å². The molecule has 2 aliphatic rings. The van der Waals surface area contributed by atoms with Gasteiger partial charge in [0.05, 0.1) is 58.3 Å². The van der Waals surface area contributed by atoms with Gasteiger partial charge in [-0.1, -0.05) is 320 Å². The number of unbranched alkanes of at least 4 members (excludes halogenated alkanes) is 30. The van der Waals surface area contributed by atoms with Crippen molar-refractivity contribution < 1.29 is 77.0 Å². The lowest BCUT2D eigenvalue weighted by Crippen LogP contribution is -2.62. The van der Waals surface area contributed by atoms with Crippen LogP contribution in [0.2, 0.25) is 0 Å². The summed E-state index contributed by atoms with van der Waals surface area (Å²) in [6, 6.07) is 12.7. The van der Waals surface area contributed by atoms with Crippen molar-refractivity contribution in [3.63, 3.8) is 0 Å². The summed E-state index contributed by atoms with van der Waals surface area (Å²) in [6.45, 7) is 32.1. The summed E-state index contributed by atoms with van der Waals surface area (Å²) >= 11 is 0. The summed E-state index contributed by atoms with van der Waals surface area (Å²) in [7, 11) is -5.27. The molecular formula is C74H140O16P4. The lowest BCUT2D eigenvalue weighted by Gasteiger charge is -2.51. The van der Waals surface area contributed by atoms with Gasteiger partial charge in [-0.15, -0.1) is 0 Å². The van der Waals surface area contributed by atoms with Gasteiger partial charge in [-0.2, -0.15) is 0 Å². The molecule has 2 aliphatic heterocycles. The topological polar surface area (TPSA) is 247 Å². The molecule has 552 valence electrons. The second kappa shape index (κ2) is 50.7. The number of ether oxygens (including phenoxy) is 3. The third-order valence-electron chi connectivity index (χ3n) is 18.0. The second-order valence-corrected chi connectivity index (χ2v) is 33.1. The maximum atomic E-state index is 10.5. The first kappa shape index (κ1) is 91.4. The molecule has 2 atom stereocenters. The minimum atomic E-state index is -2.62. The van der Waals surface area contributed by atoms with Crippen molar-refractivity contribution in [3.8, 4) is 5.75 Å². The normalized spacial score (nSPS) is 17.0. The number of hydrogen-bond donors (Lipinski definition) is 9. The average Bonchev–Trinajstić information content (AvgIpc) is 0.765. The van der Waals surface area contributed by atoms with Gasteiger partial charge < -0.3 is 72.5 Å². The summed E-state index contributed by atoms with van der Waals surface area (Å²) in [6.07, 6.45) is 42.8. The van der Waals surface area contributed by atoms with E-state index in [0.717, 1.165) is 29.5 Å². The SMILES string of the molecule is CC(C)(C)c1ccc(OC(c2ccc(C(C)(C)C)cc2C(C)(C)C)C(CO)(CO)CO)c(C(C)(C)C)c1.CCCCCCCCCCCCCCCCCCOC1(OCCCCCCCCCCCCCCCCCC)OPOCC12COPOC2.OP(O)O.OP(O)O. The van der Waals surface area contributed by atoms with E-state index in [1.165, 1.54) is 204 Å². The Balaban J connectivity index is 0.000000867. The Kier molecular flexibility index (Phi) is 49.2. The Morgan fingerprint density at radius 3 is 1.02 bits per heavy atom. The van der Waals surface area contributed by atoms with Crippen LogP contribution >= 0.6 is 35.3 Å². The van der Waals surface area contributed by atoms with Crippen molar-refractivity contribution in [2.75, 3.05) is 52.9 Å². The quantitative estimate of drug-likeness (QED) is 0.0170. The Morgan fingerprint density at radius 1 is 0.415 bits per heavy atom. The molecule has 94 heavy (non-hydrogen) atoms. The van der Waals surface area contributed by atoms with Crippen LogP contribution in [-0.4, -0.2) is 104 Å². The molecule has 16 nitrogen and oxygen atoms in total. The molecule has 0 bridgehead atoms. The Bertz CT molecular complexity index is 2080. The van der Waals surface area contributed by atoms with E-state index in [-0.39, 0.29) is 39.7 Å². The van der Waals surface area contributed by atoms with Crippen molar-refractivity contribution in [1.82, 2.24) is 0 Å². The highest BCUT2D eigenvalue weighted by Gasteiger charge is 2.60. The molecule has 0 aliphatic carbocycles. The summed E-state index contributed by atoms with van der Waals surface area (Å²) in [5.74, 6) is -0.440. The van der Waals surface area contributed by atoms with Gasteiger partial charge in [0.1, 0.15) is 17.3 Å². The van der Waals surface area contributed by atoms with Crippen molar-refractivity contribution in [2.24, 2.45) is 10.8 Å². The van der Waals surface area contributed by atoms with Gasteiger partial charge in [-0.25, -0.2) is 0 Å². The highest BCUT2D eigenvalue weighted by molar-refractivity contribution is 7.38. The highest BCUT2D eigenvalue weighted by atomic mass is 31.2. The van der Waals surface area contributed by atoms with Crippen LogP contribution in [0.3, 0.4) is 0 Å². The van der Waals surface area contributed by atoms with Crippen LogP contribution in [-0.2, 0) is 49.2 Å². The van der Waals surface area contributed by atoms with Crippen LogP contribution in [0.5, 0.6) is 5.75 Å². The molecule has 2 aromatic rings. The van der Waals surface area contributed by atoms with Gasteiger partial charge in [-0.05, 0) is 68.4 Å². The molecule has 2 fully saturated rings. The summed E-state index contributed by atoms with van der Waals surface area (Å²) < 4.78 is 43.5. The van der Waals surface area contributed by atoms with Crippen LogP contribution in [0, 0.1) is 10.8 Å². The van der Waals surface area contributed by atoms with Crippen molar-refractivity contribution in [1.29, 1.82) is 0 Å². The molecule has 4 rings (SSSR count). The van der Waals surface area contributed by atoms with Crippen LogP contribution in [0.15, 0.2) is 36.4 Å². The lowest BCUT2D eigenvalue weighted by atomic mass is 9.72. The Hall–Kier alpha value is -0.640. The first-order chi connectivity index (χ1) is 44.5. The predicted molar refractivity (Wildman–Crippen MR) is 394 cm³/mol. The molecule has 2 heterocycles. The van der Waals surface area contributed by atoms with Crippen LogP contribution < -0.4 is 4.74 Å². The number of rotatable bonds is 43. The summed E-state index contributed by atoms with van der Waals surface area (Å²) in [5.41, 5.74) is 3.06. The third kappa shape index (κ3) is 37.9. The first-order valence-corrected chi connectivity index (χ1v) is 40.3. The maximum absolute atomic E-state index is 10.5. The molecule has 1 spiro atoms. The fraction of sp³-hybridized carbons (Fsp3) is 0.838. The predicted octanol–water partition coefficient (Wildman–Crippen LogP) is 19.6. The third-order valence-corrected chi connectivity index (χ3v) is 19.2. The molecule has 2 unspecified atom stereocenters. The van der Waals surface area contributed by atoms with Gasteiger partial charge in [0, 0.05) is 0 Å². The van der Waals surface area contributed by atoms with E-state index in [0.29, 0.717) is 38.8 Å². The highest BCUT2D eigenvalue weighted by Crippen LogP contribution is 2.52. The monoisotopic (exact) mass is 1410 g/mol. The fourth-order valence-electron chi connectivity index (χ4n) is 11.9. The van der Waals surface area contributed by atoms with Crippen LogP contribution in [0.25, 0.3) is 0 Å². The van der Waals surface area contributed by atoms with Crippen molar-refractivity contribution in [2.45, 2.75) is 336 Å². The minimum Gasteiger partial charge on any atom is -0.485 e. The lowest BCUT2D eigenvalue weighted by molar-refractivity contribution is -0.419. The molecular weight excluding hydrogens is 1270 g/mol. The molecule has 9 N–H and O–H groups in total.